The van der Waals surface area contributed by atoms with Crippen molar-refractivity contribution >= 4 is 34.5 Å². The number of carbonyl (C=O) groups is 2. The van der Waals surface area contributed by atoms with Crippen molar-refractivity contribution in [1.29, 1.82) is 0 Å². The number of amides is 2. The van der Waals surface area contributed by atoms with Crippen LogP contribution in [0.5, 0.6) is 5.75 Å². The predicted molar refractivity (Wildman–Crippen MR) is 110 cm³/mol. The number of nitrogens with zero attached hydrogens (tertiary/aromatic N) is 2. The Hall–Kier alpha value is -3.60. The normalized spacial score (nSPS) is 11.0. The van der Waals surface area contributed by atoms with Gasteiger partial charge in [0.05, 0.1) is 12.4 Å². The molecule has 7 nitrogen and oxygen atoms in total. The lowest BCUT2D eigenvalue weighted by Gasteiger charge is -2.18. The quantitative estimate of drug-likeness (QED) is 0.520. The molecule has 2 heterocycles. The molecule has 0 atom stereocenters. The van der Waals surface area contributed by atoms with Crippen LogP contribution < -0.4 is 15.4 Å². The first-order valence-electron chi connectivity index (χ1n) is 8.88. The van der Waals surface area contributed by atoms with Crippen LogP contribution in [0.15, 0.2) is 60.1 Å². The number of carbonyl (C=O) groups excluding carboxylic acids is 2. The average molecular weight is 450 g/mol. The summed E-state index contributed by atoms with van der Waals surface area (Å²) in [4.78, 5) is 30.7. The molecule has 1 aromatic carbocycles. The number of nitrogens with one attached hydrogen (secondary N) is 2. The predicted octanol–water partition coefficient (Wildman–Crippen LogP) is 4.44. The van der Waals surface area contributed by atoms with E-state index in [9.17, 15) is 22.8 Å². The molecule has 0 saturated heterocycles. The van der Waals surface area contributed by atoms with Gasteiger partial charge in [-0.15, -0.1) is 24.5 Å². The Balaban J connectivity index is 1.59. The minimum atomic E-state index is -4.78. The van der Waals surface area contributed by atoms with Crippen LogP contribution in [0.1, 0.15) is 20.2 Å². The van der Waals surface area contributed by atoms with Crippen molar-refractivity contribution < 1.29 is 27.5 Å². The number of hydrogen-bond donors (Lipinski definition) is 2. The smallest absolute Gasteiger partial charge is 0.406 e. The number of hydrogen-bond acceptors (Lipinski definition) is 6. The molecule has 0 bridgehead atoms. The van der Waals surface area contributed by atoms with E-state index in [0.29, 0.717) is 21.9 Å². The summed E-state index contributed by atoms with van der Waals surface area (Å²) >= 11 is 1.18. The molecule has 3 rings (SSSR count). The summed E-state index contributed by atoms with van der Waals surface area (Å²) in [6.07, 6.45) is -3.26. The van der Waals surface area contributed by atoms with E-state index in [2.05, 4.69) is 20.4 Å². The van der Waals surface area contributed by atoms with E-state index in [4.69, 9.17) is 0 Å². The van der Waals surface area contributed by atoms with E-state index >= 15 is 0 Å². The maximum atomic E-state index is 12.6. The maximum Gasteiger partial charge on any atom is 0.573 e. The van der Waals surface area contributed by atoms with E-state index in [-0.39, 0.29) is 18.3 Å². The van der Waals surface area contributed by atoms with E-state index in [1.165, 1.54) is 34.6 Å². The fraction of sp³-hybridized carbons (Fsp3) is 0.150. The second-order valence-corrected chi connectivity index (χ2v) is 7.16. The summed E-state index contributed by atoms with van der Waals surface area (Å²) in [7, 11) is 1.60. The van der Waals surface area contributed by atoms with Crippen molar-refractivity contribution in [3.63, 3.8) is 0 Å². The molecule has 0 radical (unpaired) electrons. The van der Waals surface area contributed by atoms with Gasteiger partial charge in [-0.25, -0.2) is 0 Å². The van der Waals surface area contributed by atoms with Gasteiger partial charge in [-0.1, -0.05) is 6.07 Å². The highest BCUT2D eigenvalue weighted by Gasteiger charge is 2.31. The molecule has 0 fully saturated rings. The van der Waals surface area contributed by atoms with Gasteiger partial charge in [-0.05, 0) is 47.8 Å². The summed E-state index contributed by atoms with van der Waals surface area (Å²) in [5.41, 5.74) is 1.12. The molecule has 0 unspecified atom stereocenters. The van der Waals surface area contributed by atoms with Crippen LogP contribution in [-0.4, -0.2) is 41.8 Å². The monoisotopic (exact) mass is 450 g/mol. The SMILES string of the molecule is CN(CNc1ccsc1C(=O)Nc1ccc(OC(F)(F)F)cc1)C(=O)c1ccccn1. The second kappa shape index (κ2) is 9.47. The van der Waals surface area contributed by atoms with Gasteiger partial charge in [0.25, 0.3) is 11.8 Å². The third-order valence-electron chi connectivity index (χ3n) is 3.95. The van der Waals surface area contributed by atoms with Crippen molar-refractivity contribution in [2.75, 3.05) is 24.3 Å². The Bertz CT molecular complexity index is 1040. The number of rotatable bonds is 7. The van der Waals surface area contributed by atoms with E-state index < -0.39 is 12.3 Å². The lowest BCUT2D eigenvalue weighted by atomic mass is 10.3. The maximum absolute atomic E-state index is 12.6. The molecule has 3 aromatic rings. The van der Waals surface area contributed by atoms with Crippen molar-refractivity contribution in [1.82, 2.24) is 9.88 Å². The van der Waals surface area contributed by atoms with Gasteiger partial charge < -0.3 is 20.3 Å². The first-order chi connectivity index (χ1) is 14.7. The number of halogens is 3. The highest BCUT2D eigenvalue weighted by atomic mass is 32.1. The van der Waals surface area contributed by atoms with Gasteiger partial charge in [0.1, 0.15) is 16.3 Å². The van der Waals surface area contributed by atoms with Crippen LogP contribution in [0.4, 0.5) is 24.5 Å². The minimum absolute atomic E-state index is 0.135. The van der Waals surface area contributed by atoms with E-state index in [1.54, 1.807) is 36.7 Å². The lowest BCUT2D eigenvalue weighted by Crippen LogP contribution is -2.32. The van der Waals surface area contributed by atoms with Crippen LogP contribution in [0, 0.1) is 0 Å². The molecule has 0 aliphatic carbocycles. The molecule has 11 heteroatoms. The standard InChI is InChI=1S/C20H17F3N4O3S/c1-27(19(29)16-4-2-3-10-24-16)12-25-15-9-11-31-17(15)18(28)26-13-5-7-14(8-6-13)30-20(21,22)23/h2-11,25H,12H2,1H3,(H,26,28). The number of anilines is 2. The summed E-state index contributed by atoms with van der Waals surface area (Å²) in [5.74, 6) is -1.11. The summed E-state index contributed by atoms with van der Waals surface area (Å²) < 4.78 is 40.5. The highest BCUT2D eigenvalue weighted by Crippen LogP contribution is 2.26. The lowest BCUT2D eigenvalue weighted by molar-refractivity contribution is -0.274. The third kappa shape index (κ3) is 6.19. The molecule has 0 aliphatic heterocycles. The van der Waals surface area contributed by atoms with Gasteiger partial charge in [0.15, 0.2) is 0 Å². The number of ether oxygens (including phenoxy) is 1. The number of thiophene rings is 1. The fourth-order valence-corrected chi connectivity index (χ4v) is 3.28. The first-order valence-corrected chi connectivity index (χ1v) is 9.76. The number of pyridine rings is 1. The summed E-state index contributed by atoms with van der Waals surface area (Å²) in [5, 5.41) is 7.35. The summed E-state index contributed by atoms with van der Waals surface area (Å²) in [6.45, 7) is 0.135. The van der Waals surface area contributed by atoms with Gasteiger partial charge in [-0.2, -0.15) is 0 Å². The Morgan fingerprint density at radius 3 is 2.52 bits per heavy atom. The Labute approximate surface area is 179 Å². The van der Waals surface area contributed by atoms with Crippen LogP contribution >= 0.6 is 11.3 Å². The Morgan fingerprint density at radius 2 is 1.87 bits per heavy atom. The first kappa shape index (κ1) is 22.1. The molecule has 0 aliphatic rings. The van der Waals surface area contributed by atoms with Crippen LogP contribution in [-0.2, 0) is 0 Å². The average Bonchev–Trinajstić information content (AvgIpc) is 3.21. The van der Waals surface area contributed by atoms with Crippen LogP contribution in [0.3, 0.4) is 0 Å². The number of aromatic nitrogens is 1. The molecular formula is C20H17F3N4O3S. The zero-order valence-corrected chi connectivity index (χ0v) is 17.0. The molecule has 2 N–H and O–H groups in total. The van der Waals surface area contributed by atoms with Crippen molar-refractivity contribution in [3.8, 4) is 5.75 Å². The molecule has 0 saturated carbocycles. The van der Waals surface area contributed by atoms with Crippen molar-refractivity contribution in [3.05, 3.63) is 70.7 Å². The van der Waals surface area contributed by atoms with Gasteiger partial charge in [0.2, 0.25) is 0 Å². The number of alkyl halides is 3. The minimum Gasteiger partial charge on any atom is -0.406 e. The molecule has 0 spiro atoms. The highest BCUT2D eigenvalue weighted by molar-refractivity contribution is 7.12. The third-order valence-corrected chi connectivity index (χ3v) is 4.87. The van der Waals surface area contributed by atoms with Gasteiger partial charge in [-0.3, -0.25) is 14.6 Å². The van der Waals surface area contributed by atoms with Crippen LogP contribution in [0.2, 0.25) is 0 Å². The summed E-state index contributed by atoms with van der Waals surface area (Å²) in [6, 6.07) is 11.5. The molecule has 2 aromatic heterocycles. The topological polar surface area (TPSA) is 83.6 Å². The Morgan fingerprint density at radius 1 is 1.13 bits per heavy atom. The van der Waals surface area contributed by atoms with E-state index in [0.717, 1.165) is 12.1 Å². The van der Waals surface area contributed by atoms with Gasteiger partial charge in [0, 0.05) is 18.9 Å². The zero-order valence-electron chi connectivity index (χ0n) is 16.1. The Kier molecular flexibility index (Phi) is 6.75. The largest absolute Gasteiger partial charge is 0.573 e. The molecule has 162 valence electrons. The van der Waals surface area contributed by atoms with Crippen molar-refractivity contribution in [2.45, 2.75) is 6.36 Å². The van der Waals surface area contributed by atoms with E-state index in [1.807, 2.05) is 0 Å². The van der Waals surface area contributed by atoms with Crippen molar-refractivity contribution in [2.24, 2.45) is 0 Å². The second-order valence-electron chi connectivity index (χ2n) is 6.24. The molecule has 31 heavy (non-hydrogen) atoms. The molecule has 2 amide bonds. The number of benzene rings is 1. The fourth-order valence-electron chi connectivity index (χ4n) is 2.51. The van der Waals surface area contributed by atoms with Gasteiger partial charge >= 0.3 is 6.36 Å². The molecular weight excluding hydrogens is 433 g/mol. The van der Waals surface area contributed by atoms with Crippen LogP contribution in [0.25, 0.3) is 0 Å². The zero-order chi connectivity index (χ0) is 22.4.